The fourth-order valence-electron chi connectivity index (χ4n) is 3.75. The van der Waals surface area contributed by atoms with E-state index in [4.69, 9.17) is 5.26 Å². The molecule has 4 rings (SSSR count). The number of aryl methyl sites for hydroxylation is 1. The van der Waals surface area contributed by atoms with Crippen LogP contribution in [0.2, 0.25) is 0 Å². The molecular formula is C19H21N5O3S. The van der Waals surface area contributed by atoms with Crippen LogP contribution < -0.4 is 0 Å². The summed E-state index contributed by atoms with van der Waals surface area (Å²) in [6.45, 7) is 2.03. The Bertz CT molecular complexity index is 1030. The molecule has 1 saturated heterocycles. The minimum Gasteiger partial charge on any atom is -0.336 e. The number of hydrogen-bond donors (Lipinski definition) is 0. The molecule has 3 heterocycles. The first-order chi connectivity index (χ1) is 13.5. The summed E-state index contributed by atoms with van der Waals surface area (Å²) in [6, 6.07) is 7.87. The third kappa shape index (κ3) is 3.30. The lowest BCUT2D eigenvalue weighted by Crippen LogP contribution is -2.50. The standard InChI is InChI=1S/C19H21N5O3S/c20-13-15-4-6-16(7-5-15)28(26,27)23-11-9-22(10-12-23)19(25)17-14-21-24-8-2-1-3-18(17)24/h4-7,14H,1-3,8-12H2. The number of fused-ring (bicyclic) bond motifs is 1. The van der Waals surface area contributed by atoms with Crippen LogP contribution in [0, 0.1) is 11.3 Å². The number of carbonyl (C=O) groups excluding carboxylic acids is 1. The molecule has 2 aromatic rings. The number of benzene rings is 1. The Morgan fingerprint density at radius 3 is 2.43 bits per heavy atom. The number of amides is 1. The van der Waals surface area contributed by atoms with E-state index in [1.54, 1.807) is 11.1 Å². The lowest BCUT2D eigenvalue weighted by molar-refractivity contribution is 0.0696. The van der Waals surface area contributed by atoms with Gasteiger partial charge in [0, 0.05) is 32.7 Å². The summed E-state index contributed by atoms with van der Waals surface area (Å²) in [5.41, 5.74) is 2.05. The van der Waals surface area contributed by atoms with Gasteiger partial charge in [-0.2, -0.15) is 14.7 Å². The molecule has 2 aliphatic rings. The molecule has 9 heteroatoms. The van der Waals surface area contributed by atoms with Crippen molar-refractivity contribution in [1.82, 2.24) is 19.0 Å². The molecule has 0 atom stereocenters. The number of nitrogens with zero attached hydrogens (tertiary/aromatic N) is 5. The van der Waals surface area contributed by atoms with Crippen molar-refractivity contribution < 1.29 is 13.2 Å². The van der Waals surface area contributed by atoms with Crippen molar-refractivity contribution in [3.63, 3.8) is 0 Å². The van der Waals surface area contributed by atoms with Crippen LogP contribution in [-0.4, -0.2) is 59.5 Å². The number of aromatic nitrogens is 2. The van der Waals surface area contributed by atoms with Crippen molar-refractivity contribution in [2.24, 2.45) is 0 Å². The van der Waals surface area contributed by atoms with Gasteiger partial charge < -0.3 is 4.90 Å². The maximum absolute atomic E-state index is 12.9. The molecule has 0 spiro atoms. The Morgan fingerprint density at radius 1 is 1.04 bits per heavy atom. The van der Waals surface area contributed by atoms with Crippen molar-refractivity contribution in [3.8, 4) is 6.07 Å². The van der Waals surface area contributed by atoms with Crippen molar-refractivity contribution in [2.45, 2.75) is 30.7 Å². The number of rotatable bonds is 3. The SMILES string of the molecule is N#Cc1ccc(S(=O)(=O)N2CCN(C(=O)c3cnn4c3CCCC4)CC2)cc1. The summed E-state index contributed by atoms with van der Waals surface area (Å²) in [4.78, 5) is 14.8. The van der Waals surface area contributed by atoms with Gasteiger partial charge in [-0.05, 0) is 43.5 Å². The molecule has 0 bridgehead atoms. The van der Waals surface area contributed by atoms with Crippen LogP contribution in [0.25, 0.3) is 0 Å². The van der Waals surface area contributed by atoms with E-state index < -0.39 is 10.0 Å². The molecule has 1 fully saturated rings. The summed E-state index contributed by atoms with van der Waals surface area (Å²) in [6.07, 6.45) is 4.63. The average Bonchev–Trinajstić information content (AvgIpc) is 3.17. The molecule has 1 amide bonds. The number of piperazine rings is 1. The van der Waals surface area contributed by atoms with Gasteiger partial charge in [0.2, 0.25) is 10.0 Å². The fourth-order valence-corrected chi connectivity index (χ4v) is 5.17. The summed E-state index contributed by atoms with van der Waals surface area (Å²) >= 11 is 0. The predicted molar refractivity (Wildman–Crippen MR) is 101 cm³/mol. The van der Waals surface area contributed by atoms with E-state index in [2.05, 4.69) is 5.10 Å². The highest BCUT2D eigenvalue weighted by Crippen LogP contribution is 2.22. The van der Waals surface area contributed by atoms with E-state index in [9.17, 15) is 13.2 Å². The van der Waals surface area contributed by atoms with Crippen molar-refractivity contribution in [3.05, 3.63) is 47.3 Å². The molecule has 0 radical (unpaired) electrons. The number of carbonyl (C=O) groups is 1. The summed E-state index contributed by atoms with van der Waals surface area (Å²) in [7, 11) is -3.63. The molecule has 0 aliphatic carbocycles. The van der Waals surface area contributed by atoms with Crippen LogP contribution in [0.5, 0.6) is 0 Å². The summed E-state index contributed by atoms with van der Waals surface area (Å²) in [5.74, 6) is -0.0708. The van der Waals surface area contributed by atoms with Crippen LogP contribution in [0.4, 0.5) is 0 Å². The van der Waals surface area contributed by atoms with E-state index in [1.165, 1.54) is 28.6 Å². The van der Waals surface area contributed by atoms with Gasteiger partial charge in [0.15, 0.2) is 0 Å². The fraction of sp³-hybridized carbons (Fsp3) is 0.421. The Labute approximate surface area is 164 Å². The maximum Gasteiger partial charge on any atom is 0.257 e. The smallest absolute Gasteiger partial charge is 0.257 e. The summed E-state index contributed by atoms with van der Waals surface area (Å²) in [5, 5.41) is 13.2. The molecule has 146 valence electrons. The van der Waals surface area contributed by atoms with E-state index >= 15 is 0 Å². The van der Waals surface area contributed by atoms with Crippen LogP contribution in [0.1, 0.15) is 34.5 Å². The zero-order valence-electron chi connectivity index (χ0n) is 15.4. The van der Waals surface area contributed by atoms with Gasteiger partial charge in [0.05, 0.1) is 34.0 Å². The first-order valence-electron chi connectivity index (χ1n) is 9.35. The largest absolute Gasteiger partial charge is 0.336 e. The third-order valence-electron chi connectivity index (χ3n) is 5.36. The van der Waals surface area contributed by atoms with E-state index in [0.29, 0.717) is 24.2 Å². The van der Waals surface area contributed by atoms with Crippen LogP contribution in [-0.2, 0) is 23.0 Å². The second kappa shape index (κ2) is 7.37. The number of nitriles is 1. The molecule has 28 heavy (non-hydrogen) atoms. The van der Waals surface area contributed by atoms with Crippen molar-refractivity contribution in [1.29, 1.82) is 5.26 Å². The highest BCUT2D eigenvalue weighted by Gasteiger charge is 2.32. The van der Waals surface area contributed by atoms with Crippen LogP contribution in [0.3, 0.4) is 0 Å². The second-order valence-corrected chi connectivity index (χ2v) is 8.96. The first-order valence-corrected chi connectivity index (χ1v) is 10.8. The first kappa shape index (κ1) is 18.7. The van der Waals surface area contributed by atoms with E-state index in [1.807, 2.05) is 10.8 Å². The molecule has 1 aromatic carbocycles. The van der Waals surface area contributed by atoms with Gasteiger partial charge in [0.1, 0.15) is 0 Å². The van der Waals surface area contributed by atoms with Crippen LogP contribution >= 0.6 is 0 Å². The normalized spacial score (nSPS) is 17.8. The Balaban J connectivity index is 1.45. The van der Waals surface area contributed by atoms with Crippen molar-refractivity contribution in [2.75, 3.05) is 26.2 Å². The van der Waals surface area contributed by atoms with Gasteiger partial charge >= 0.3 is 0 Å². The minimum atomic E-state index is -3.63. The van der Waals surface area contributed by atoms with Gasteiger partial charge in [-0.3, -0.25) is 9.48 Å². The van der Waals surface area contributed by atoms with Gasteiger partial charge in [-0.15, -0.1) is 0 Å². The lowest BCUT2D eigenvalue weighted by Gasteiger charge is -2.34. The molecule has 0 unspecified atom stereocenters. The van der Waals surface area contributed by atoms with Gasteiger partial charge in [-0.25, -0.2) is 8.42 Å². The monoisotopic (exact) mass is 399 g/mol. The van der Waals surface area contributed by atoms with E-state index in [-0.39, 0.29) is 23.9 Å². The third-order valence-corrected chi connectivity index (χ3v) is 7.27. The minimum absolute atomic E-state index is 0.0708. The lowest BCUT2D eigenvalue weighted by atomic mass is 10.1. The Hall–Kier alpha value is -2.70. The molecule has 1 aromatic heterocycles. The molecule has 0 N–H and O–H groups in total. The molecule has 2 aliphatic heterocycles. The number of hydrogen-bond acceptors (Lipinski definition) is 5. The van der Waals surface area contributed by atoms with E-state index in [0.717, 1.165) is 31.5 Å². The maximum atomic E-state index is 12.9. The van der Waals surface area contributed by atoms with Crippen molar-refractivity contribution >= 4 is 15.9 Å². The second-order valence-electron chi connectivity index (χ2n) is 7.02. The predicted octanol–water partition coefficient (Wildman–Crippen LogP) is 1.24. The molecule has 0 saturated carbocycles. The highest BCUT2D eigenvalue weighted by molar-refractivity contribution is 7.89. The Morgan fingerprint density at radius 2 is 1.75 bits per heavy atom. The quantitative estimate of drug-likeness (QED) is 0.773. The average molecular weight is 399 g/mol. The van der Waals surface area contributed by atoms with Crippen LogP contribution in [0.15, 0.2) is 35.4 Å². The van der Waals surface area contributed by atoms with Gasteiger partial charge in [0.25, 0.3) is 5.91 Å². The molecule has 8 nitrogen and oxygen atoms in total. The zero-order chi connectivity index (χ0) is 19.7. The van der Waals surface area contributed by atoms with Gasteiger partial charge in [-0.1, -0.05) is 0 Å². The Kier molecular flexibility index (Phi) is 4.91. The highest BCUT2D eigenvalue weighted by atomic mass is 32.2. The topological polar surface area (TPSA) is 99.3 Å². The number of sulfonamides is 1. The summed E-state index contributed by atoms with van der Waals surface area (Å²) < 4.78 is 28.9. The molecular weight excluding hydrogens is 378 g/mol. The zero-order valence-corrected chi connectivity index (χ0v) is 16.2.